The van der Waals surface area contributed by atoms with E-state index in [2.05, 4.69) is 5.32 Å². The molecule has 0 saturated carbocycles. The number of nitrogens with one attached hydrogen (secondary N) is 1. The van der Waals surface area contributed by atoms with Gasteiger partial charge in [0.05, 0.1) is 12.2 Å². The van der Waals surface area contributed by atoms with Gasteiger partial charge in [0.15, 0.2) is 0 Å². The van der Waals surface area contributed by atoms with Gasteiger partial charge in [-0.3, -0.25) is 9.59 Å². The third kappa shape index (κ3) is 3.60. The van der Waals surface area contributed by atoms with E-state index in [1.54, 1.807) is 6.07 Å². The third-order valence-corrected chi connectivity index (χ3v) is 4.02. The number of phenols is 1. The molecule has 0 aromatic heterocycles. The molecule has 0 bridgehead atoms. The van der Waals surface area contributed by atoms with Gasteiger partial charge in [-0.2, -0.15) is 0 Å². The SMILES string of the molecule is O=C(NCC(=O)N1CCCc2cccc(O)c21)c1cc(F)cc(F)c1. The number of halogens is 2. The number of aryl methyl sites for hydroxylation is 1. The minimum atomic E-state index is -0.869. The van der Waals surface area contributed by atoms with E-state index in [-0.39, 0.29) is 17.9 Å². The van der Waals surface area contributed by atoms with Crippen LogP contribution in [0, 0.1) is 11.6 Å². The second-order valence-electron chi connectivity index (χ2n) is 5.77. The number of amides is 2. The van der Waals surface area contributed by atoms with Crippen LogP contribution in [0.2, 0.25) is 0 Å². The molecule has 130 valence electrons. The molecule has 2 amide bonds. The van der Waals surface area contributed by atoms with Crippen LogP contribution in [0.5, 0.6) is 5.75 Å². The number of nitrogens with zero attached hydrogens (tertiary/aromatic N) is 1. The van der Waals surface area contributed by atoms with Gasteiger partial charge < -0.3 is 15.3 Å². The van der Waals surface area contributed by atoms with E-state index in [1.165, 1.54) is 11.0 Å². The lowest BCUT2D eigenvalue weighted by atomic mass is 10.0. The average molecular weight is 346 g/mol. The van der Waals surface area contributed by atoms with Crippen molar-refractivity contribution in [2.24, 2.45) is 0 Å². The fourth-order valence-corrected chi connectivity index (χ4v) is 2.92. The first-order valence-electron chi connectivity index (χ1n) is 7.81. The van der Waals surface area contributed by atoms with Crippen molar-refractivity contribution in [1.82, 2.24) is 5.32 Å². The summed E-state index contributed by atoms with van der Waals surface area (Å²) in [4.78, 5) is 25.8. The van der Waals surface area contributed by atoms with Crippen molar-refractivity contribution in [3.8, 4) is 5.75 Å². The number of rotatable bonds is 3. The van der Waals surface area contributed by atoms with Crippen molar-refractivity contribution in [1.29, 1.82) is 0 Å². The van der Waals surface area contributed by atoms with Crippen LogP contribution in [-0.4, -0.2) is 30.0 Å². The van der Waals surface area contributed by atoms with Gasteiger partial charge in [0.2, 0.25) is 5.91 Å². The number of hydrogen-bond donors (Lipinski definition) is 2. The highest BCUT2D eigenvalue weighted by molar-refractivity contribution is 6.01. The van der Waals surface area contributed by atoms with E-state index >= 15 is 0 Å². The van der Waals surface area contributed by atoms with Gasteiger partial charge in [-0.15, -0.1) is 0 Å². The lowest BCUT2D eigenvalue weighted by molar-refractivity contribution is -0.117. The Morgan fingerprint density at radius 1 is 1.16 bits per heavy atom. The maximum atomic E-state index is 13.2. The van der Waals surface area contributed by atoms with E-state index < -0.39 is 23.4 Å². The monoisotopic (exact) mass is 346 g/mol. The molecule has 0 spiro atoms. The molecule has 0 aliphatic carbocycles. The Hall–Kier alpha value is -2.96. The largest absolute Gasteiger partial charge is 0.506 e. The van der Waals surface area contributed by atoms with Gasteiger partial charge >= 0.3 is 0 Å². The second-order valence-corrected chi connectivity index (χ2v) is 5.77. The highest BCUT2D eigenvalue weighted by atomic mass is 19.1. The Morgan fingerprint density at radius 3 is 2.60 bits per heavy atom. The standard InChI is InChI=1S/C18H16F2N2O3/c19-13-7-12(8-14(20)9-13)18(25)21-10-16(24)22-6-2-4-11-3-1-5-15(23)17(11)22/h1,3,5,7-9,23H,2,4,6,10H2,(H,21,25). The molecule has 0 saturated heterocycles. The Kier molecular flexibility index (Phi) is 4.65. The van der Waals surface area contributed by atoms with Crippen LogP contribution >= 0.6 is 0 Å². The maximum Gasteiger partial charge on any atom is 0.251 e. The van der Waals surface area contributed by atoms with Crippen LogP contribution < -0.4 is 10.2 Å². The van der Waals surface area contributed by atoms with Crippen LogP contribution in [0.1, 0.15) is 22.3 Å². The quantitative estimate of drug-likeness (QED) is 0.897. The smallest absolute Gasteiger partial charge is 0.251 e. The first kappa shape index (κ1) is 16.9. The van der Waals surface area contributed by atoms with Crippen LogP contribution in [0.15, 0.2) is 36.4 Å². The fourth-order valence-electron chi connectivity index (χ4n) is 2.92. The molecule has 0 fully saturated rings. The summed E-state index contributed by atoms with van der Waals surface area (Å²) in [5, 5.41) is 12.4. The number of aromatic hydroxyl groups is 1. The summed E-state index contributed by atoms with van der Waals surface area (Å²) >= 11 is 0. The summed E-state index contributed by atoms with van der Waals surface area (Å²) in [5.74, 6) is -2.89. The Morgan fingerprint density at radius 2 is 1.88 bits per heavy atom. The predicted octanol–water partition coefficient (Wildman–Crippen LogP) is 2.38. The van der Waals surface area contributed by atoms with Crippen LogP contribution in [0.3, 0.4) is 0 Å². The van der Waals surface area contributed by atoms with Gasteiger partial charge in [0, 0.05) is 18.2 Å². The van der Waals surface area contributed by atoms with Crippen molar-refractivity contribution in [3.63, 3.8) is 0 Å². The molecule has 2 aromatic rings. The van der Waals surface area contributed by atoms with Crippen molar-refractivity contribution < 1.29 is 23.5 Å². The fraction of sp³-hybridized carbons (Fsp3) is 0.222. The van der Waals surface area contributed by atoms with Crippen molar-refractivity contribution >= 4 is 17.5 Å². The molecule has 2 aromatic carbocycles. The zero-order valence-electron chi connectivity index (χ0n) is 13.3. The molecule has 2 N–H and O–H groups in total. The number of carbonyl (C=O) groups is 2. The van der Waals surface area contributed by atoms with Gasteiger partial charge in [0.25, 0.3) is 5.91 Å². The Bertz CT molecular complexity index is 819. The summed E-state index contributed by atoms with van der Waals surface area (Å²) < 4.78 is 26.3. The number of benzene rings is 2. The van der Waals surface area contributed by atoms with Gasteiger partial charge in [-0.1, -0.05) is 12.1 Å². The lowest BCUT2D eigenvalue weighted by Gasteiger charge is -2.30. The molecule has 5 nitrogen and oxygen atoms in total. The summed E-state index contributed by atoms with van der Waals surface area (Å²) in [6, 6.07) is 7.49. The molecular weight excluding hydrogens is 330 g/mol. The molecule has 3 rings (SSSR count). The molecule has 7 heteroatoms. The Labute approximate surface area is 142 Å². The summed E-state index contributed by atoms with van der Waals surface area (Å²) in [6.07, 6.45) is 1.49. The minimum Gasteiger partial charge on any atom is -0.506 e. The van der Waals surface area contributed by atoms with Crippen molar-refractivity contribution in [2.45, 2.75) is 12.8 Å². The van der Waals surface area contributed by atoms with Crippen molar-refractivity contribution in [2.75, 3.05) is 18.0 Å². The molecule has 0 unspecified atom stereocenters. The highest BCUT2D eigenvalue weighted by Gasteiger charge is 2.25. The second kappa shape index (κ2) is 6.88. The van der Waals surface area contributed by atoms with E-state index in [4.69, 9.17) is 0 Å². The average Bonchev–Trinajstić information content (AvgIpc) is 2.58. The first-order chi connectivity index (χ1) is 12.0. The molecule has 1 aliphatic rings. The summed E-state index contributed by atoms with van der Waals surface area (Å²) in [5.41, 5.74) is 1.11. The van der Waals surface area contributed by atoms with Crippen LogP contribution in [0.4, 0.5) is 14.5 Å². The number of hydrogen-bond acceptors (Lipinski definition) is 3. The number of para-hydroxylation sites is 1. The summed E-state index contributed by atoms with van der Waals surface area (Å²) in [7, 11) is 0. The number of phenolic OH excluding ortho intramolecular Hbond substituents is 1. The van der Waals surface area contributed by atoms with Crippen LogP contribution in [0.25, 0.3) is 0 Å². The van der Waals surface area contributed by atoms with Gasteiger partial charge in [-0.25, -0.2) is 8.78 Å². The molecular formula is C18H16F2N2O3. The number of fused-ring (bicyclic) bond motifs is 1. The lowest BCUT2D eigenvalue weighted by Crippen LogP contribution is -2.42. The van der Waals surface area contributed by atoms with Crippen LogP contribution in [-0.2, 0) is 11.2 Å². The zero-order chi connectivity index (χ0) is 18.0. The molecule has 1 heterocycles. The molecule has 0 atom stereocenters. The normalized spacial score (nSPS) is 13.3. The topological polar surface area (TPSA) is 69.6 Å². The van der Waals surface area contributed by atoms with E-state index in [1.807, 2.05) is 6.07 Å². The van der Waals surface area contributed by atoms with E-state index in [0.717, 1.165) is 30.5 Å². The molecule has 25 heavy (non-hydrogen) atoms. The van der Waals surface area contributed by atoms with Gasteiger partial charge in [0.1, 0.15) is 17.4 Å². The number of carbonyl (C=O) groups excluding carboxylic acids is 2. The maximum absolute atomic E-state index is 13.2. The predicted molar refractivity (Wildman–Crippen MR) is 87.5 cm³/mol. The van der Waals surface area contributed by atoms with Crippen molar-refractivity contribution in [3.05, 3.63) is 59.2 Å². The zero-order valence-corrected chi connectivity index (χ0v) is 13.3. The Balaban J connectivity index is 1.71. The highest BCUT2D eigenvalue weighted by Crippen LogP contribution is 2.35. The third-order valence-electron chi connectivity index (χ3n) is 4.02. The minimum absolute atomic E-state index is 0.00378. The van der Waals surface area contributed by atoms with Gasteiger partial charge in [-0.05, 0) is 36.6 Å². The summed E-state index contributed by atoms with van der Waals surface area (Å²) in [6.45, 7) is 0.0820. The first-order valence-corrected chi connectivity index (χ1v) is 7.81. The van der Waals surface area contributed by atoms with E-state index in [0.29, 0.717) is 18.3 Å². The number of anilines is 1. The van der Waals surface area contributed by atoms with E-state index in [9.17, 15) is 23.5 Å². The molecule has 1 aliphatic heterocycles. The molecule has 0 radical (unpaired) electrons.